The number of nitrogens with two attached hydrogens (primary N) is 1. The van der Waals surface area contributed by atoms with Crippen LogP contribution in [0.25, 0.3) is 0 Å². The van der Waals surface area contributed by atoms with Gasteiger partial charge in [-0.3, -0.25) is 9.59 Å². The van der Waals surface area contributed by atoms with Gasteiger partial charge in [-0.15, -0.1) is 0 Å². The molecule has 2 atom stereocenters. The normalized spacial score (nSPS) is 14.1. The maximum Gasteiger partial charge on any atom is 0.306 e. The van der Waals surface area contributed by atoms with Gasteiger partial charge in [0.2, 0.25) is 5.91 Å². The topological polar surface area (TPSA) is 102 Å². The SMILES string of the molecule is CC(O)C(C)OC(=O)CCC(=O)NCN. The van der Waals surface area contributed by atoms with Crippen LogP contribution in [-0.4, -0.2) is 35.9 Å². The molecule has 6 heteroatoms. The fourth-order valence-electron chi connectivity index (χ4n) is 0.783. The monoisotopic (exact) mass is 218 g/mol. The van der Waals surface area contributed by atoms with Gasteiger partial charge in [0.15, 0.2) is 0 Å². The molecule has 0 spiro atoms. The number of carbonyl (C=O) groups is 2. The van der Waals surface area contributed by atoms with E-state index in [1.807, 2.05) is 0 Å². The third kappa shape index (κ3) is 6.87. The number of amides is 1. The third-order valence-corrected chi connectivity index (χ3v) is 1.85. The van der Waals surface area contributed by atoms with Crippen molar-refractivity contribution in [3.8, 4) is 0 Å². The molecule has 0 saturated carbocycles. The largest absolute Gasteiger partial charge is 0.460 e. The smallest absolute Gasteiger partial charge is 0.306 e. The van der Waals surface area contributed by atoms with E-state index in [1.54, 1.807) is 6.92 Å². The minimum Gasteiger partial charge on any atom is -0.460 e. The van der Waals surface area contributed by atoms with Gasteiger partial charge in [-0.25, -0.2) is 0 Å². The van der Waals surface area contributed by atoms with E-state index >= 15 is 0 Å². The van der Waals surface area contributed by atoms with Gasteiger partial charge in [-0.05, 0) is 13.8 Å². The minimum absolute atomic E-state index is 0.0110. The number of aliphatic hydroxyl groups is 1. The quantitative estimate of drug-likeness (QED) is 0.396. The first-order valence-electron chi connectivity index (χ1n) is 4.81. The van der Waals surface area contributed by atoms with Crippen molar-refractivity contribution in [2.45, 2.75) is 38.9 Å². The summed E-state index contributed by atoms with van der Waals surface area (Å²) < 4.78 is 4.84. The molecule has 0 radical (unpaired) electrons. The summed E-state index contributed by atoms with van der Waals surface area (Å²) in [6.45, 7) is 3.17. The fraction of sp³-hybridized carbons (Fsp3) is 0.778. The number of hydrogen-bond acceptors (Lipinski definition) is 5. The summed E-state index contributed by atoms with van der Waals surface area (Å²) in [6, 6.07) is 0. The van der Waals surface area contributed by atoms with Gasteiger partial charge in [0.25, 0.3) is 0 Å². The van der Waals surface area contributed by atoms with Crippen LogP contribution in [0.2, 0.25) is 0 Å². The Morgan fingerprint density at radius 3 is 2.47 bits per heavy atom. The van der Waals surface area contributed by atoms with Crippen LogP contribution in [0.15, 0.2) is 0 Å². The first-order valence-corrected chi connectivity index (χ1v) is 4.81. The molecule has 0 aliphatic carbocycles. The van der Waals surface area contributed by atoms with Crippen molar-refractivity contribution in [3.05, 3.63) is 0 Å². The Labute approximate surface area is 88.8 Å². The molecule has 0 aliphatic heterocycles. The van der Waals surface area contributed by atoms with Crippen LogP contribution in [0, 0.1) is 0 Å². The second kappa shape index (κ2) is 7.19. The summed E-state index contributed by atoms with van der Waals surface area (Å²) in [6.07, 6.45) is -1.24. The van der Waals surface area contributed by atoms with Crippen molar-refractivity contribution < 1.29 is 19.4 Å². The lowest BCUT2D eigenvalue weighted by atomic mass is 10.2. The number of carbonyl (C=O) groups excluding carboxylic acids is 2. The van der Waals surface area contributed by atoms with Crippen LogP contribution in [0.5, 0.6) is 0 Å². The molecule has 0 bridgehead atoms. The molecular formula is C9H18N2O4. The van der Waals surface area contributed by atoms with E-state index in [4.69, 9.17) is 15.6 Å². The summed E-state index contributed by atoms with van der Waals surface area (Å²) in [5.41, 5.74) is 5.08. The van der Waals surface area contributed by atoms with Crippen LogP contribution in [0.4, 0.5) is 0 Å². The highest BCUT2D eigenvalue weighted by Crippen LogP contribution is 2.01. The van der Waals surface area contributed by atoms with Crippen molar-refractivity contribution in [1.82, 2.24) is 5.32 Å². The molecule has 0 aromatic rings. The average molecular weight is 218 g/mol. The Morgan fingerprint density at radius 1 is 1.40 bits per heavy atom. The summed E-state index contributed by atoms with van der Waals surface area (Å²) >= 11 is 0. The highest BCUT2D eigenvalue weighted by molar-refractivity contribution is 5.81. The number of aliphatic hydroxyl groups excluding tert-OH is 1. The van der Waals surface area contributed by atoms with E-state index < -0.39 is 18.2 Å². The van der Waals surface area contributed by atoms with E-state index in [-0.39, 0.29) is 25.4 Å². The average Bonchev–Trinajstić information content (AvgIpc) is 2.15. The molecule has 1 amide bonds. The molecule has 88 valence electrons. The summed E-state index contributed by atoms with van der Waals surface area (Å²) in [4.78, 5) is 22.0. The van der Waals surface area contributed by atoms with Crippen molar-refractivity contribution in [2.24, 2.45) is 5.73 Å². The second-order valence-corrected chi connectivity index (χ2v) is 3.24. The van der Waals surface area contributed by atoms with Crippen LogP contribution < -0.4 is 11.1 Å². The Bertz CT molecular complexity index is 218. The van der Waals surface area contributed by atoms with Gasteiger partial charge in [-0.1, -0.05) is 0 Å². The van der Waals surface area contributed by atoms with Gasteiger partial charge in [0.1, 0.15) is 6.10 Å². The van der Waals surface area contributed by atoms with E-state index in [0.717, 1.165) is 0 Å². The van der Waals surface area contributed by atoms with E-state index in [9.17, 15) is 9.59 Å². The molecule has 0 heterocycles. The van der Waals surface area contributed by atoms with Gasteiger partial charge in [0.05, 0.1) is 19.2 Å². The summed E-state index contributed by atoms with van der Waals surface area (Å²) in [5.74, 6) is -0.797. The lowest BCUT2D eigenvalue weighted by Gasteiger charge is -2.15. The number of esters is 1. The molecule has 0 saturated heterocycles. The second-order valence-electron chi connectivity index (χ2n) is 3.24. The van der Waals surface area contributed by atoms with E-state index in [1.165, 1.54) is 6.92 Å². The maximum atomic E-state index is 11.1. The van der Waals surface area contributed by atoms with E-state index in [0.29, 0.717) is 0 Å². The molecule has 6 nitrogen and oxygen atoms in total. The lowest BCUT2D eigenvalue weighted by molar-refractivity contribution is -0.154. The van der Waals surface area contributed by atoms with Crippen molar-refractivity contribution >= 4 is 11.9 Å². The zero-order valence-corrected chi connectivity index (χ0v) is 9.03. The maximum absolute atomic E-state index is 11.1. The molecular weight excluding hydrogens is 200 g/mol. The van der Waals surface area contributed by atoms with Gasteiger partial charge in [0, 0.05) is 6.42 Å². The predicted molar refractivity (Wildman–Crippen MR) is 53.7 cm³/mol. The van der Waals surface area contributed by atoms with Gasteiger partial charge >= 0.3 is 5.97 Å². The Kier molecular flexibility index (Phi) is 6.64. The summed E-state index contributed by atoms with van der Waals surface area (Å²) in [7, 11) is 0. The van der Waals surface area contributed by atoms with Crippen molar-refractivity contribution in [2.75, 3.05) is 6.67 Å². The molecule has 15 heavy (non-hydrogen) atoms. The van der Waals surface area contributed by atoms with Crippen molar-refractivity contribution in [1.29, 1.82) is 0 Å². The number of hydrogen-bond donors (Lipinski definition) is 3. The molecule has 0 fully saturated rings. The van der Waals surface area contributed by atoms with Crippen LogP contribution in [-0.2, 0) is 14.3 Å². The fourth-order valence-corrected chi connectivity index (χ4v) is 0.783. The number of ether oxygens (including phenoxy) is 1. The third-order valence-electron chi connectivity index (χ3n) is 1.85. The standard InChI is InChI=1S/C9H18N2O4/c1-6(12)7(2)15-9(14)4-3-8(13)11-5-10/h6-7,12H,3-5,10H2,1-2H3,(H,11,13). The highest BCUT2D eigenvalue weighted by atomic mass is 16.6. The van der Waals surface area contributed by atoms with Crippen LogP contribution in [0.3, 0.4) is 0 Å². The highest BCUT2D eigenvalue weighted by Gasteiger charge is 2.14. The number of nitrogens with one attached hydrogen (secondary N) is 1. The molecule has 0 aromatic heterocycles. The number of rotatable bonds is 6. The van der Waals surface area contributed by atoms with Crippen LogP contribution in [0.1, 0.15) is 26.7 Å². The first kappa shape index (κ1) is 13.9. The molecule has 0 aliphatic rings. The minimum atomic E-state index is -0.716. The molecule has 4 N–H and O–H groups in total. The van der Waals surface area contributed by atoms with E-state index in [2.05, 4.69) is 5.32 Å². The zero-order chi connectivity index (χ0) is 11.8. The Balaban J connectivity index is 3.70. The molecule has 2 unspecified atom stereocenters. The van der Waals surface area contributed by atoms with Crippen molar-refractivity contribution in [3.63, 3.8) is 0 Å². The lowest BCUT2D eigenvalue weighted by Crippen LogP contribution is -2.30. The predicted octanol–water partition coefficient (Wildman–Crippen LogP) is -0.888. The van der Waals surface area contributed by atoms with Gasteiger partial charge < -0.3 is 20.9 Å². The molecule has 0 rings (SSSR count). The Hall–Kier alpha value is -1.14. The van der Waals surface area contributed by atoms with Crippen LogP contribution >= 0.6 is 0 Å². The Morgan fingerprint density at radius 2 is 2.00 bits per heavy atom. The first-order chi connectivity index (χ1) is 6.97. The van der Waals surface area contributed by atoms with Gasteiger partial charge in [-0.2, -0.15) is 0 Å². The zero-order valence-electron chi connectivity index (χ0n) is 9.03. The molecule has 0 aromatic carbocycles. The summed E-state index contributed by atoms with van der Waals surface area (Å²) in [5, 5.41) is 11.4.